The van der Waals surface area contributed by atoms with Crippen LogP contribution in [0.1, 0.15) is 78.6 Å². The van der Waals surface area contributed by atoms with Crippen molar-refractivity contribution in [1.29, 1.82) is 0 Å². The Morgan fingerprint density at radius 3 is 2.59 bits per heavy atom. The highest BCUT2D eigenvalue weighted by Gasteiger charge is 2.51. The van der Waals surface area contributed by atoms with Crippen LogP contribution in [0.15, 0.2) is 11.1 Å². The van der Waals surface area contributed by atoms with Gasteiger partial charge in [-0.1, -0.05) is 31.4 Å². The fourth-order valence-corrected chi connectivity index (χ4v) is 6.08. The van der Waals surface area contributed by atoms with E-state index in [0.29, 0.717) is 29.3 Å². The summed E-state index contributed by atoms with van der Waals surface area (Å²) in [4.78, 5) is 24.2. The van der Waals surface area contributed by atoms with E-state index in [1.54, 1.807) is 5.57 Å². The van der Waals surface area contributed by atoms with Crippen LogP contribution in [0, 0.1) is 23.2 Å². The minimum absolute atomic E-state index is 0.0710. The number of allylic oxidation sites excluding steroid dienone is 2. The molecule has 0 aromatic heterocycles. The van der Waals surface area contributed by atoms with Crippen LogP contribution in [0.25, 0.3) is 0 Å². The maximum absolute atomic E-state index is 12.5. The first-order valence-electron chi connectivity index (χ1n) is 9.27. The highest BCUT2D eigenvalue weighted by molar-refractivity contribution is 5.83. The van der Waals surface area contributed by atoms with Gasteiger partial charge in [0.25, 0.3) is 0 Å². The molecule has 0 spiro atoms. The van der Waals surface area contributed by atoms with Gasteiger partial charge in [-0.2, -0.15) is 0 Å². The van der Waals surface area contributed by atoms with E-state index in [1.165, 1.54) is 18.4 Å². The fraction of sp³-hybridized carbons (Fsp3) is 0.800. The summed E-state index contributed by atoms with van der Waals surface area (Å²) in [5.41, 5.74) is 3.03. The third-order valence-electron chi connectivity index (χ3n) is 7.18. The SMILES string of the molecule is CCC1[C@@H]2CCC3=C(CCC(=O)C3)[C@H]2CCC1(CC)C(C)=O. The lowest BCUT2D eigenvalue weighted by molar-refractivity contribution is -0.136. The Morgan fingerprint density at radius 1 is 1.18 bits per heavy atom. The molecule has 0 aliphatic heterocycles. The summed E-state index contributed by atoms with van der Waals surface area (Å²) in [6, 6.07) is 0. The van der Waals surface area contributed by atoms with Gasteiger partial charge in [-0.3, -0.25) is 9.59 Å². The summed E-state index contributed by atoms with van der Waals surface area (Å²) in [6.45, 7) is 6.30. The minimum atomic E-state index is -0.0710. The lowest BCUT2D eigenvalue weighted by Gasteiger charge is -2.53. The van der Waals surface area contributed by atoms with Gasteiger partial charge in [0.05, 0.1) is 0 Å². The van der Waals surface area contributed by atoms with E-state index in [1.807, 2.05) is 6.92 Å². The molecule has 1 saturated carbocycles. The van der Waals surface area contributed by atoms with Gasteiger partial charge in [0, 0.05) is 18.3 Å². The van der Waals surface area contributed by atoms with Crippen LogP contribution in [0.5, 0.6) is 0 Å². The molecule has 122 valence electrons. The van der Waals surface area contributed by atoms with Gasteiger partial charge in [0.15, 0.2) is 0 Å². The van der Waals surface area contributed by atoms with Crippen LogP contribution in [0.3, 0.4) is 0 Å². The smallest absolute Gasteiger partial charge is 0.137 e. The minimum Gasteiger partial charge on any atom is -0.299 e. The van der Waals surface area contributed by atoms with Gasteiger partial charge < -0.3 is 0 Å². The summed E-state index contributed by atoms with van der Waals surface area (Å²) in [6.07, 6.45) is 9.13. The largest absolute Gasteiger partial charge is 0.299 e. The molecule has 0 bridgehead atoms. The quantitative estimate of drug-likeness (QED) is 0.697. The molecule has 0 aromatic carbocycles. The Hall–Kier alpha value is -0.920. The van der Waals surface area contributed by atoms with E-state index >= 15 is 0 Å². The average molecular weight is 302 g/mol. The second-order valence-corrected chi connectivity index (χ2v) is 7.77. The molecular weight excluding hydrogens is 272 g/mol. The van der Waals surface area contributed by atoms with Crippen LogP contribution < -0.4 is 0 Å². The van der Waals surface area contributed by atoms with Crippen molar-refractivity contribution in [3.05, 3.63) is 11.1 Å². The van der Waals surface area contributed by atoms with E-state index < -0.39 is 0 Å². The van der Waals surface area contributed by atoms with Gasteiger partial charge >= 0.3 is 0 Å². The summed E-state index contributed by atoms with van der Waals surface area (Å²) in [5, 5.41) is 0. The fourth-order valence-electron chi connectivity index (χ4n) is 6.08. The van der Waals surface area contributed by atoms with Crippen molar-refractivity contribution in [2.24, 2.45) is 23.2 Å². The van der Waals surface area contributed by atoms with Crippen LogP contribution in [0.2, 0.25) is 0 Å². The van der Waals surface area contributed by atoms with Crippen LogP contribution >= 0.6 is 0 Å². The highest BCUT2D eigenvalue weighted by atomic mass is 16.1. The Balaban J connectivity index is 1.93. The lowest BCUT2D eigenvalue weighted by Crippen LogP contribution is -2.48. The lowest BCUT2D eigenvalue weighted by atomic mass is 9.51. The summed E-state index contributed by atoms with van der Waals surface area (Å²) >= 11 is 0. The van der Waals surface area contributed by atoms with Crippen molar-refractivity contribution in [2.75, 3.05) is 0 Å². The average Bonchev–Trinajstić information content (AvgIpc) is 2.52. The van der Waals surface area contributed by atoms with E-state index in [0.717, 1.165) is 44.9 Å². The predicted molar refractivity (Wildman–Crippen MR) is 88.5 cm³/mol. The highest BCUT2D eigenvalue weighted by Crippen LogP contribution is 2.57. The maximum Gasteiger partial charge on any atom is 0.137 e. The molecule has 3 aliphatic rings. The first-order valence-corrected chi connectivity index (χ1v) is 9.27. The molecule has 0 amide bonds. The normalized spacial score (nSPS) is 38.5. The molecule has 2 unspecified atom stereocenters. The molecule has 0 saturated heterocycles. The molecule has 0 heterocycles. The van der Waals surface area contributed by atoms with E-state index in [2.05, 4.69) is 13.8 Å². The number of fused-ring (bicyclic) bond motifs is 2. The van der Waals surface area contributed by atoms with Crippen LogP contribution in [0.4, 0.5) is 0 Å². The second-order valence-electron chi connectivity index (χ2n) is 7.77. The number of carbonyl (C=O) groups excluding carboxylic acids is 2. The molecule has 3 rings (SSSR count). The first-order chi connectivity index (χ1) is 10.5. The number of ketones is 2. The summed E-state index contributed by atoms with van der Waals surface area (Å²) in [7, 11) is 0. The standard InChI is InChI=1S/C20H30O2/c1-4-19-18-8-6-14-12-15(22)7-9-16(14)17(18)10-11-20(19,5-2)13(3)21/h17-19H,4-12H2,1-3H3/t17-,18-,19?,20?/m1/s1. The molecule has 4 atom stereocenters. The van der Waals surface area contributed by atoms with Crippen molar-refractivity contribution in [3.63, 3.8) is 0 Å². The molecule has 0 radical (unpaired) electrons. The van der Waals surface area contributed by atoms with Crippen molar-refractivity contribution >= 4 is 11.6 Å². The van der Waals surface area contributed by atoms with Gasteiger partial charge in [-0.15, -0.1) is 0 Å². The van der Waals surface area contributed by atoms with Gasteiger partial charge in [0.1, 0.15) is 11.6 Å². The zero-order valence-corrected chi connectivity index (χ0v) is 14.4. The van der Waals surface area contributed by atoms with Gasteiger partial charge in [-0.05, 0) is 63.2 Å². The molecular formula is C20H30O2. The van der Waals surface area contributed by atoms with Crippen LogP contribution in [-0.2, 0) is 9.59 Å². The Labute approximate surface area is 134 Å². The Bertz CT molecular complexity index is 516. The van der Waals surface area contributed by atoms with Gasteiger partial charge in [-0.25, -0.2) is 0 Å². The molecule has 3 aliphatic carbocycles. The number of carbonyl (C=O) groups is 2. The number of hydrogen-bond acceptors (Lipinski definition) is 2. The number of hydrogen-bond donors (Lipinski definition) is 0. The zero-order valence-electron chi connectivity index (χ0n) is 14.4. The van der Waals surface area contributed by atoms with Crippen molar-refractivity contribution < 1.29 is 9.59 Å². The third kappa shape index (κ3) is 2.30. The Morgan fingerprint density at radius 2 is 1.95 bits per heavy atom. The van der Waals surface area contributed by atoms with E-state index in [-0.39, 0.29) is 5.41 Å². The van der Waals surface area contributed by atoms with Crippen molar-refractivity contribution in [3.8, 4) is 0 Å². The molecule has 0 N–H and O–H groups in total. The predicted octanol–water partition coefficient (Wildman–Crippen LogP) is 4.87. The van der Waals surface area contributed by atoms with Crippen molar-refractivity contribution in [2.45, 2.75) is 78.6 Å². The maximum atomic E-state index is 12.5. The Kier molecular flexibility index (Phi) is 4.31. The van der Waals surface area contributed by atoms with Crippen molar-refractivity contribution in [1.82, 2.24) is 0 Å². The third-order valence-corrected chi connectivity index (χ3v) is 7.18. The molecule has 2 heteroatoms. The van der Waals surface area contributed by atoms with Gasteiger partial charge in [0.2, 0.25) is 0 Å². The van der Waals surface area contributed by atoms with E-state index in [9.17, 15) is 9.59 Å². The zero-order chi connectivity index (χ0) is 15.9. The second kappa shape index (κ2) is 5.94. The topological polar surface area (TPSA) is 34.1 Å². The molecule has 1 fully saturated rings. The number of rotatable bonds is 3. The summed E-state index contributed by atoms with van der Waals surface area (Å²) in [5.74, 6) is 2.74. The molecule has 0 aromatic rings. The van der Waals surface area contributed by atoms with E-state index in [4.69, 9.17) is 0 Å². The van der Waals surface area contributed by atoms with Crippen LogP contribution in [-0.4, -0.2) is 11.6 Å². The number of Topliss-reactive ketones (excluding diaryl/α,β-unsaturated/α-hetero) is 2. The first kappa shape index (κ1) is 16.0. The summed E-state index contributed by atoms with van der Waals surface area (Å²) < 4.78 is 0. The molecule has 2 nitrogen and oxygen atoms in total. The molecule has 22 heavy (non-hydrogen) atoms. The monoisotopic (exact) mass is 302 g/mol.